The number of nitrogens with zero attached hydrogens (tertiary/aromatic N) is 3. The minimum atomic E-state index is -3.55. The number of carbonyl (C=O) groups excluding carboxylic acids is 1. The Kier molecular flexibility index (Phi) is 4.93. The van der Waals surface area contributed by atoms with Crippen molar-refractivity contribution in [2.45, 2.75) is 30.7 Å². The number of nitrogens with one attached hydrogen (secondary N) is 1. The van der Waals surface area contributed by atoms with Crippen LogP contribution in [0.25, 0.3) is 11.5 Å². The summed E-state index contributed by atoms with van der Waals surface area (Å²) in [6, 6.07) is 13.4. The van der Waals surface area contributed by atoms with E-state index in [1.807, 2.05) is 31.2 Å². The van der Waals surface area contributed by atoms with Gasteiger partial charge in [0.1, 0.15) is 0 Å². The molecule has 0 unspecified atom stereocenters. The van der Waals surface area contributed by atoms with E-state index in [0.717, 1.165) is 24.0 Å². The summed E-state index contributed by atoms with van der Waals surface area (Å²) in [6.45, 7) is 1.98. The van der Waals surface area contributed by atoms with Gasteiger partial charge < -0.3 is 4.42 Å². The number of amides is 1. The summed E-state index contributed by atoms with van der Waals surface area (Å²) in [5.41, 5.74) is 2.14. The third kappa shape index (κ3) is 4.06. The number of aromatic nitrogens is 2. The van der Waals surface area contributed by atoms with Crippen molar-refractivity contribution in [3.63, 3.8) is 0 Å². The lowest BCUT2D eigenvalue weighted by atomic mass is 10.1. The first-order valence-electron chi connectivity index (χ1n) is 9.14. The molecule has 0 spiro atoms. The van der Waals surface area contributed by atoms with Gasteiger partial charge in [0.05, 0.1) is 4.90 Å². The molecule has 1 N–H and O–H groups in total. The predicted molar refractivity (Wildman–Crippen MR) is 107 cm³/mol. The van der Waals surface area contributed by atoms with E-state index in [1.165, 1.54) is 28.6 Å². The number of sulfonamides is 1. The number of benzene rings is 2. The van der Waals surface area contributed by atoms with Crippen LogP contribution in [0.3, 0.4) is 0 Å². The molecule has 1 aliphatic carbocycles. The van der Waals surface area contributed by atoms with Crippen LogP contribution in [0.2, 0.25) is 0 Å². The topological polar surface area (TPSA) is 105 Å². The summed E-state index contributed by atoms with van der Waals surface area (Å²) < 4.78 is 31.9. The third-order valence-corrected chi connectivity index (χ3v) is 6.72. The maximum Gasteiger partial charge on any atom is 0.322 e. The molecule has 0 bridgehead atoms. The molecule has 1 fully saturated rings. The zero-order chi connectivity index (χ0) is 20.6. The molecule has 0 radical (unpaired) electrons. The lowest BCUT2D eigenvalue weighted by Crippen LogP contribution is -2.29. The minimum absolute atomic E-state index is 0.0317. The van der Waals surface area contributed by atoms with Gasteiger partial charge in [0, 0.05) is 24.2 Å². The van der Waals surface area contributed by atoms with E-state index in [4.69, 9.17) is 4.42 Å². The van der Waals surface area contributed by atoms with Gasteiger partial charge in [-0.1, -0.05) is 22.8 Å². The largest absolute Gasteiger partial charge is 0.403 e. The summed E-state index contributed by atoms with van der Waals surface area (Å²) >= 11 is 0. The smallest absolute Gasteiger partial charge is 0.322 e. The molecule has 150 valence electrons. The summed E-state index contributed by atoms with van der Waals surface area (Å²) in [5.74, 6) is -0.173. The van der Waals surface area contributed by atoms with Gasteiger partial charge in [-0.2, -0.15) is 4.31 Å². The van der Waals surface area contributed by atoms with E-state index in [9.17, 15) is 13.2 Å². The molecule has 1 amide bonds. The van der Waals surface area contributed by atoms with Crippen LogP contribution in [-0.2, 0) is 10.0 Å². The lowest BCUT2D eigenvalue weighted by Gasteiger charge is -2.16. The molecule has 2 aromatic carbocycles. The Labute approximate surface area is 168 Å². The maximum atomic E-state index is 12.5. The monoisotopic (exact) mass is 412 g/mol. The van der Waals surface area contributed by atoms with E-state index in [1.54, 1.807) is 7.05 Å². The van der Waals surface area contributed by atoms with Crippen LogP contribution in [0, 0.1) is 6.92 Å². The second-order valence-electron chi connectivity index (χ2n) is 7.01. The summed E-state index contributed by atoms with van der Waals surface area (Å²) in [6.07, 6.45) is 1.76. The fourth-order valence-electron chi connectivity index (χ4n) is 2.83. The predicted octanol–water partition coefficient (Wildman–Crippen LogP) is 3.08. The first kappa shape index (κ1) is 19.3. The standard InChI is InChI=1S/C20H20N4O4S/c1-13-3-5-15(6-4-13)19-22-23-20(28-19)21-18(25)14-7-11-17(12-8-14)29(26,27)24(2)16-9-10-16/h3-8,11-12,16H,9-10H2,1-2H3,(H,21,23,25). The van der Waals surface area contributed by atoms with Crippen molar-refractivity contribution < 1.29 is 17.6 Å². The zero-order valence-corrected chi connectivity index (χ0v) is 16.8. The van der Waals surface area contributed by atoms with Gasteiger partial charge >= 0.3 is 6.01 Å². The Morgan fingerprint density at radius 2 is 1.72 bits per heavy atom. The van der Waals surface area contributed by atoms with Crippen molar-refractivity contribution in [3.05, 3.63) is 59.7 Å². The molecule has 0 saturated heterocycles. The second kappa shape index (κ2) is 7.41. The number of aryl methyl sites for hydroxylation is 1. The van der Waals surface area contributed by atoms with Crippen molar-refractivity contribution in [2.24, 2.45) is 0 Å². The molecule has 0 aliphatic heterocycles. The van der Waals surface area contributed by atoms with Crippen molar-refractivity contribution in [2.75, 3.05) is 12.4 Å². The fourth-order valence-corrected chi connectivity index (χ4v) is 4.25. The molecule has 9 heteroatoms. The van der Waals surface area contributed by atoms with Crippen molar-refractivity contribution in [1.82, 2.24) is 14.5 Å². The van der Waals surface area contributed by atoms with Gasteiger partial charge in [0.2, 0.25) is 15.9 Å². The zero-order valence-electron chi connectivity index (χ0n) is 16.0. The van der Waals surface area contributed by atoms with E-state index in [0.29, 0.717) is 5.89 Å². The van der Waals surface area contributed by atoms with E-state index in [-0.39, 0.29) is 22.5 Å². The number of anilines is 1. The van der Waals surface area contributed by atoms with Gasteiger partial charge in [0.15, 0.2) is 0 Å². The molecule has 4 rings (SSSR count). The fraction of sp³-hybridized carbons (Fsp3) is 0.250. The van der Waals surface area contributed by atoms with Gasteiger partial charge in [-0.15, -0.1) is 5.10 Å². The summed E-state index contributed by atoms with van der Waals surface area (Å²) in [7, 11) is -1.97. The lowest BCUT2D eigenvalue weighted by molar-refractivity contribution is 0.102. The van der Waals surface area contributed by atoms with Crippen LogP contribution in [0.5, 0.6) is 0 Å². The molecule has 3 aromatic rings. The Bertz CT molecular complexity index is 1130. The first-order chi connectivity index (χ1) is 13.8. The van der Waals surface area contributed by atoms with E-state index >= 15 is 0 Å². The average Bonchev–Trinajstić information content (AvgIpc) is 3.47. The Morgan fingerprint density at radius 3 is 2.34 bits per heavy atom. The summed E-state index contributed by atoms with van der Waals surface area (Å²) in [4.78, 5) is 12.6. The molecule has 0 atom stereocenters. The Balaban J connectivity index is 1.46. The number of hydrogen-bond donors (Lipinski definition) is 1. The van der Waals surface area contributed by atoms with Gasteiger partial charge in [-0.25, -0.2) is 8.42 Å². The van der Waals surface area contributed by atoms with Crippen molar-refractivity contribution >= 4 is 21.9 Å². The van der Waals surface area contributed by atoms with Gasteiger partial charge in [0.25, 0.3) is 5.91 Å². The molecular formula is C20H20N4O4S. The SMILES string of the molecule is Cc1ccc(-c2nnc(NC(=O)c3ccc(S(=O)(=O)N(C)C4CC4)cc3)o2)cc1. The van der Waals surface area contributed by atoms with Crippen LogP contribution < -0.4 is 5.32 Å². The summed E-state index contributed by atoms with van der Waals surface area (Å²) in [5, 5.41) is 10.3. The van der Waals surface area contributed by atoms with Gasteiger partial charge in [-0.3, -0.25) is 10.1 Å². The molecule has 29 heavy (non-hydrogen) atoms. The second-order valence-corrected chi connectivity index (χ2v) is 9.01. The maximum absolute atomic E-state index is 12.5. The minimum Gasteiger partial charge on any atom is -0.403 e. The van der Waals surface area contributed by atoms with Crippen LogP contribution in [0.15, 0.2) is 57.8 Å². The first-order valence-corrected chi connectivity index (χ1v) is 10.6. The van der Waals surface area contributed by atoms with Crippen molar-refractivity contribution in [3.8, 4) is 11.5 Å². The number of carbonyl (C=O) groups is 1. The molecule has 1 aliphatic rings. The highest BCUT2D eigenvalue weighted by atomic mass is 32.2. The highest BCUT2D eigenvalue weighted by Gasteiger charge is 2.35. The molecular weight excluding hydrogens is 392 g/mol. The Morgan fingerprint density at radius 1 is 1.07 bits per heavy atom. The van der Waals surface area contributed by atoms with Crippen LogP contribution in [0.4, 0.5) is 6.01 Å². The van der Waals surface area contributed by atoms with Crippen LogP contribution in [-0.4, -0.2) is 41.9 Å². The average molecular weight is 412 g/mol. The highest BCUT2D eigenvalue weighted by molar-refractivity contribution is 7.89. The van der Waals surface area contributed by atoms with Crippen LogP contribution >= 0.6 is 0 Å². The van der Waals surface area contributed by atoms with Crippen molar-refractivity contribution in [1.29, 1.82) is 0 Å². The number of rotatable bonds is 6. The van der Waals surface area contributed by atoms with E-state index in [2.05, 4.69) is 15.5 Å². The molecule has 1 heterocycles. The molecule has 8 nitrogen and oxygen atoms in total. The molecule has 1 saturated carbocycles. The highest BCUT2D eigenvalue weighted by Crippen LogP contribution is 2.30. The quantitative estimate of drug-likeness (QED) is 0.667. The van der Waals surface area contributed by atoms with E-state index < -0.39 is 15.9 Å². The number of hydrogen-bond acceptors (Lipinski definition) is 6. The third-order valence-electron chi connectivity index (χ3n) is 4.80. The van der Waals surface area contributed by atoms with Crippen LogP contribution in [0.1, 0.15) is 28.8 Å². The van der Waals surface area contributed by atoms with Gasteiger partial charge in [-0.05, 0) is 56.2 Å². The normalized spacial score (nSPS) is 14.2. The Hall–Kier alpha value is -3.04. The molecule has 1 aromatic heterocycles.